The van der Waals surface area contributed by atoms with Crippen molar-refractivity contribution in [1.29, 1.82) is 0 Å². The predicted octanol–water partition coefficient (Wildman–Crippen LogP) is 12.6. The largest absolute Gasteiger partial charge is 0.279 e. The van der Waals surface area contributed by atoms with Crippen LogP contribution in [0.25, 0.3) is 71.6 Å². The van der Waals surface area contributed by atoms with Gasteiger partial charge in [-0.3, -0.25) is 16.0 Å². The molecule has 51 heavy (non-hydrogen) atoms. The Morgan fingerprint density at radius 2 is 0.843 bits per heavy atom. The molecule has 4 heterocycles. The van der Waals surface area contributed by atoms with Gasteiger partial charge in [0.2, 0.25) is 0 Å². The number of hydrogen-bond donors (Lipinski definition) is 3. The third-order valence-corrected chi connectivity index (χ3v) is 14.1. The first-order chi connectivity index (χ1) is 25.3. The summed E-state index contributed by atoms with van der Waals surface area (Å²) in [7, 11) is 0. The summed E-state index contributed by atoms with van der Waals surface area (Å²) in [4.78, 5) is 0. The van der Waals surface area contributed by atoms with Gasteiger partial charge in [-0.25, -0.2) is 0 Å². The molecule has 0 amide bonds. The van der Waals surface area contributed by atoms with Crippen molar-refractivity contribution in [1.82, 2.24) is 16.0 Å². The molecule has 3 aromatic heterocycles. The number of nitrogens with one attached hydrogen (secondary N) is 3. The second-order valence-electron chi connectivity index (χ2n) is 13.3. The zero-order valence-corrected chi connectivity index (χ0v) is 29.8. The molecule has 11 rings (SSSR count). The van der Waals surface area contributed by atoms with Crippen molar-refractivity contribution in [2.75, 3.05) is 0 Å². The molecule has 0 bridgehead atoms. The molecule has 3 unspecified atom stereocenters. The third-order valence-electron chi connectivity index (χ3n) is 10.4. The van der Waals surface area contributed by atoms with Gasteiger partial charge in [0.25, 0.3) is 0 Å². The standard InChI is InChI=1S/C45H31N3S3/c1-2-12-26(13-3-1)43-46-44(34-21-11-25-38-39(34)33-15-5-7-24-37(33)49-38)48-45(47-43)35-22-10-20-32-31-19-9-18-30(41(31)51-42(32)35)29-17-8-16-28-27-14-4-6-23-36(27)50-40(28)29/h1-25,43-48H. The minimum atomic E-state index is -0.0900. The first kappa shape index (κ1) is 29.8. The molecule has 0 radical (unpaired) electrons. The molecule has 7 aromatic carbocycles. The van der Waals surface area contributed by atoms with E-state index in [-0.39, 0.29) is 18.5 Å². The van der Waals surface area contributed by atoms with Crippen LogP contribution in [0, 0.1) is 0 Å². The van der Waals surface area contributed by atoms with E-state index >= 15 is 0 Å². The van der Waals surface area contributed by atoms with Crippen LogP contribution in [0.4, 0.5) is 0 Å². The van der Waals surface area contributed by atoms with Gasteiger partial charge in [-0.2, -0.15) is 0 Å². The number of thiophene rings is 3. The Bertz CT molecular complexity index is 2940. The molecular formula is C45H31N3S3. The van der Waals surface area contributed by atoms with E-state index in [4.69, 9.17) is 0 Å². The Kier molecular flexibility index (Phi) is 6.90. The van der Waals surface area contributed by atoms with E-state index in [1.165, 1.54) is 88.3 Å². The van der Waals surface area contributed by atoms with Crippen LogP contribution < -0.4 is 16.0 Å². The Morgan fingerprint density at radius 1 is 0.333 bits per heavy atom. The fourth-order valence-corrected chi connectivity index (χ4v) is 11.9. The lowest BCUT2D eigenvalue weighted by atomic mass is 9.99. The number of benzene rings is 7. The average molecular weight is 710 g/mol. The maximum Gasteiger partial charge on any atom is 0.0878 e. The van der Waals surface area contributed by atoms with Crippen molar-refractivity contribution in [3.05, 3.63) is 168 Å². The van der Waals surface area contributed by atoms with Gasteiger partial charge in [0, 0.05) is 77.2 Å². The molecule has 6 heteroatoms. The van der Waals surface area contributed by atoms with E-state index in [9.17, 15) is 0 Å². The van der Waals surface area contributed by atoms with Crippen molar-refractivity contribution in [2.24, 2.45) is 0 Å². The molecule has 244 valence electrons. The van der Waals surface area contributed by atoms with E-state index in [1.807, 2.05) is 34.0 Å². The zero-order valence-electron chi connectivity index (χ0n) is 27.4. The highest BCUT2D eigenvalue weighted by Crippen LogP contribution is 2.47. The number of rotatable bonds is 4. The molecule has 1 saturated heterocycles. The normalized spacial score (nSPS) is 18.2. The molecule has 1 aliphatic heterocycles. The van der Waals surface area contributed by atoms with Gasteiger partial charge < -0.3 is 0 Å². The predicted molar refractivity (Wildman–Crippen MR) is 221 cm³/mol. The summed E-state index contributed by atoms with van der Waals surface area (Å²) in [5.41, 5.74) is 6.39. The maximum atomic E-state index is 4.05. The van der Waals surface area contributed by atoms with Gasteiger partial charge in [0.1, 0.15) is 0 Å². The van der Waals surface area contributed by atoms with Gasteiger partial charge in [0.05, 0.1) is 18.5 Å². The van der Waals surface area contributed by atoms with Crippen LogP contribution in [0.5, 0.6) is 0 Å². The van der Waals surface area contributed by atoms with E-state index in [1.54, 1.807) is 0 Å². The van der Waals surface area contributed by atoms with Gasteiger partial charge in [-0.15, -0.1) is 34.0 Å². The van der Waals surface area contributed by atoms with Crippen LogP contribution >= 0.6 is 34.0 Å². The van der Waals surface area contributed by atoms with Gasteiger partial charge >= 0.3 is 0 Å². The second kappa shape index (κ2) is 11.8. The van der Waals surface area contributed by atoms with Crippen molar-refractivity contribution in [2.45, 2.75) is 18.5 Å². The van der Waals surface area contributed by atoms with Crippen LogP contribution in [-0.4, -0.2) is 0 Å². The highest BCUT2D eigenvalue weighted by Gasteiger charge is 2.32. The lowest BCUT2D eigenvalue weighted by Crippen LogP contribution is -2.54. The molecule has 1 fully saturated rings. The Morgan fingerprint density at radius 3 is 1.63 bits per heavy atom. The van der Waals surface area contributed by atoms with Crippen LogP contribution in [0.1, 0.15) is 35.2 Å². The smallest absolute Gasteiger partial charge is 0.0878 e. The summed E-state index contributed by atoms with van der Waals surface area (Å²) in [5, 5.41) is 19.9. The molecule has 0 aliphatic carbocycles. The lowest BCUT2D eigenvalue weighted by molar-refractivity contribution is 0.205. The van der Waals surface area contributed by atoms with Gasteiger partial charge in [-0.05, 0) is 29.3 Å². The third kappa shape index (κ3) is 4.72. The maximum absolute atomic E-state index is 4.05. The summed E-state index contributed by atoms with van der Waals surface area (Å²) in [6.07, 6.45) is -0.213. The highest BCUT2D eigenvalue weighted by molar-refractivity contribution is 7.27. The summed E-state index contributed by atoms with van der Waals surface area (Å²) in [6.45, 7) is 0. The molecule has 10 aromatic rings. The monoisotopic (exact) mass is 709 g/mol. The zero-order chi connectivity index (χ0) is 33.5. The van der Waals surface area contributed by atoms with E-state index in [0.29, 0.717) is 0 Å². The van der Waals surface area contributed by atoms with Gasteiger partial charge in [-0.1, -0.05) is 133 Å². The van der Waals surface area contributed by atoms with E-state index < -0.39 is 0 Å². The van der Waals surface area contributed by atoms with E-state index in [0.717, 1.165) is 0 Å². The second-order valence-corrected chi connectivity index (χ2v) is 16.5. The summed E-state index contributed by atoms with van der Waals surface area (Å²) in [6, 6.07) is 55.6. The topological polar surface area (TPSA) is 36.1 Å². The Hall–Kier alpha value is -4.92. The Balaban J connectivity index is 1.08. The molecule has 1 aliphatic rings. The summed E-state index contributed by atoms with van der Waals surface area (Å²) in [5.74, 6) is 0. The number of hydrogen-bond acceptors (Lipinski definition) is 6. The van der Waals surface area contributed by atoms with Crippen LogP contribution in [-0.2, 0) is 0 Å². The highest BCUT2D eigenvalue weighted by atomic mass is 32.1. The van der Waals surface area contributed by atoms with Gasteiger partial charge in [0.15, 0.2) is 0 Å². The minimum absolute atomic E-state index is 0.0478. The van der Waals surface area contributed by atoms with Crippen molar-refractivity contribution in [3.8, 4) is 11.1 Å². The molecule has 3 nitrogen and oxygen atoms in total. The quantitative estimate of drug-likeness (QED) is 0.170. The Labute approximate surface area is 306 Å². The van der Waals surface area contributed by atoms with E-state index in [2.05, 4.69) is 168 Å². The van der Waals surface area contributed by atoms with Crippen LogP contribution in [0.15, 0.2) is 152 Å². The molecular weight excluding hydrogens is 679 g/mol. The summed E-state index contributed by atoms with van der Waals surface area (Å²) < 4.78 is 7.99. The van der Waals surface area contributed by atoms with Crippen LogP contribution in [0.3, 0.4) is 0 Å². The molecule has 0 spiro atoms. The molecule has 0 saturated carbocycles. The fourth-order valence-electron chi connectivity index (χ4n) is 8.12. The van der Waals surface area contributed by atoms with Crippen LogP contribution in [0.2, 0.25) is 0 Å². The van der Waals surface area contributed by atoms with Crippen molar-refractivity contribution in [3.63, 3.8) is 0 Å². The molecule has 3 atom stereocenters. The lowest BCUT2D eigenvalue weighted by Gasteiger charge is -2.40. The van der Waals surface area contributed by atoms with Crippen molar-refractivity contribution < 1.29 is 0 Å². The number of fused-ring (bicyclic) bond motifs is 9. The van der Waals surface area contributed by atoms with Crippen molar-refractivity contribution >= 4 is 94.5 Å². The first-order valence-electron chi connectivity index (χ1n) is 17.4. The molecule has 3 N–H and O–H groups in total. The SMILES string of the molecule is c1ccc(C2NC(c3cccc4c3sc3c(-c5cccc6c5sc5ccccc56)cccc34)NC(c3cccc4sc5ccccc5c34)N2)cc1. The summed E-state index contributed by atoms with van der Waals surface area (Å²) >= 11 is 5.70. The first-order valence-corrected chi connectivity index (χ1v) is 19.8. The average Bonchev–Trinajstić information content (AvgIpc) is 3.89. The fraction of sp³-hybridized carbons (Fsp3) is 0.0667. The minimum Gasteiger partial charge on any atom is -0.279 e.